The topological polar surface area (TPSA) is 34.1 Å². The van der Waals surface area contributed by atoms with Crippen LogP contribution in [0.15, 0.2) is 48.5 Å². The molecule has 1 heterocycles. The van der Waals surface area contributed by atoms with Gasteiger partial charge in [-0.1, -0.05) is 36.6 Å². The Bertz CT molecular complexity index is 913. The second kappa shape index (κ2) is 7.46. The predicted octanol–water partition coefficient (Wildman–Crippen LogP) is 5.25. The number of hydrogen-bond donors (Lipinski definition) is 1. The Kier molecular flexibility index (Phi) is 4.89. The van der Waals surface area contributed by atoms with Gasteiger partial charge in [0, 0.05) is 23.5 Å². The molecule has 0 spiro atoms. The van der Waals surface area contributed by atoms with Crippen LogP contribution in [-0.2, 0) is 6.54 Å². The van der Waals surface area contributed by atoms with Crippen molar-refractivity contribution in [3.63, 3.8) is 0 Å². The van der Waals surface area contributed by atoms with Crippen molar-refractivity contribution < 1.29 is 4.74 Å². The zero-order valence-electron chi connectivity index (χ0n) is 15.6. The number of aryl methyl sites for hydroxylation is 1. The van der Waals surface area contributed by atoms with E-state index in [4.69, 9.17) is 9.72 Å². The second-order valence-electron chi connectivity index (χ2n) is 7.25. The van der Waals surface area contributed by atoms with Crippen molar-refractivity contribution in [1.82, 2.24) is 10.3 Å². The standard InChI is InChI=1S/C23H26N2O/c1-16-11-12-21-17(13-16)14-18(15-24-19-7-3-4-8-19)23(25-21)20-9-5-6-10-22(20)26-2/h5-6,9-14,19,24H,3-4,7-8,15H2,1-2H3. The van der Waals surface area contributed by atoms with E-state index in [1.165, 1.54) is 42.2 Å². The van der Waals surface area contributed by atoms with E-state index in [1.54, 1.807) is 7.11 Å². The van der Waals surface area contributed by atoms with Crippen LogP contribution >= 0.6 is 0 Å². The quantitative estimate of drug-likeness (QED) is 0.685. The molecule has 1 N–H and O–H groups in total. The maximum Gasteiger partial charge on any atom is 0.128 e. The van der Waals surface area contributed by atoms with Crippen LogP contribution in [0, 0.1) is 6.92 Å². The van der Waals surface area contributed by atoms with E-state index >= 15 is 0 Å². The molecule has 1 aliphatic rings. The van der Waals surface area contributed by atoms with Crippen LogP contribution in [0.5, 0.6) is 5.75 Å². The molecule has 0 unspecified atom stereocenters. The van der Waals surface area contributed by atoms with Crippen molar-refractivity contribution in [3.8, 4) is 17.0 Å². The molecule has 0 atom stereocenters. The van der Waals surface area contributed by atoms with Crippen molar-refractivity contribution >= 4 is 10.9 Å². The highest BCUT2D eigenvalue weighted by molar-refractivity contribution is 5.85. The maximum absolute atomic E-state index is 5.60. The molecule has 3 heteroatoms. The molecule has 3 nitrogen and oxygen atoms in total. The molecule has 4 rings (SSSR count). The van der Waals surface area contributed by atoms with Gasteiger partial charge in [0.2, 0.25) is 0 Å². The van der Waals surface area contributed by atoms with Gasteiger partial charge in [-0.3, -0.25) is 0 Å². The lowest BCUT2D eigenvalue weighted by Crippen LogP contribution is -2.25. The fourth-order valence-electron chi connectivity index (χ4n) is 3.93. The van der Waals surface area contributed by atoms with Gasteiger partial charge in [0.1, 0.15) is 5.75 Å². The summed E-state index contributed by atoms with van der Waals surface area (Å²) in [6.45, 7) is 2.97. The van der Waals surface area contributed by atoms with Crippen LogP contribution in [0.4, 0.5) is 0 Å². The van der Waals surface area contributed by atoms with Gasteiger partial charge in [0.15, 0.2) is 0 Å². The highest BCUT2D eigenvalue weighted by Crippen LogP contribution is 2.33. The molecule has 1 aliphatic carbocycles. The molecule has 0 radical (unpaired) electrons. The molecule has 26 heavy (non-hydrogen) atoms. The third kappa shape index (κ3) is 3.45. The number of fused-ring (bicyclic) bond motifs is 1. The molecule has 1 fully saturated rings. The van der Waals surface area contributed by atoms with E-state index in [1.807, 2.05) is 18.2 Å². The minimum atomic E-state index is 0.633. The van der Waals surface area contributed by atoms with E-state index < -0.39 is 0 Å². The lowest BCUT2D eigenvalue weighted by molar-refractivity contribution is 0.416. The first-order chi connectivity index (χ1) is 12.7. The van der Waals surface area contributed by atoms with E-state index in [2.05, 4.69) is 42.6 Å². The van der Waals surface area contributed by atoms with Crippen molar-refractivity contribution in [1.29, 1.82) is 0 Å². The first kappa shape index (κ1) is 17.0. The first-order valence-corrected chi connectivity index (χ1v) is 9.51. The van der Waals surface area contributed by atoms with Gasteiger partial charge in [-0.05, 0) is 55.7 Å². The average Bonchev–Trinajstić information content (AvgIpc) is 3.19. The van der Waals surface area contributed by atoms with Crippen molar-refractivity contribution in [3.05, 3.63) is 59.7 Å². The maximum atomic E-state index is 5.60. The van der Waals surface area contributed by atoms with E-state index in [-0.39, 0.29) is 0 Å². The zero-order chi connectivity index (χ0) is 17.9. The minimum absolute atomic E-state index is 0.633. The summed E-state index contributed by atoms with van der Waals surface area (Å²) in [7, 11) is 1.72. The third-order valence-corrected chi connectivity index (χ3v) is 5.35. The molecule has 0 aliphatic heterocycles. The van der Waals surface area contributed by atoms with Crippen LogP contribution in [0.1, 0.15) is 36.8 Å². The Morgan fingerprint density at radius 3 is 2.69 bits per heavy atom. The fourth-order valence-corrected chi connectivity index (χ4v) is 3.93. The number of nitrogens with zero attached hydrogens (tertiary/aromatic N) is 1. The second-order valence-corrected chi connectivity index (χ2v) is 7.25. The fraction of sp³-hybridized carbons (Fsp3) is 0.348. The van der Waals surface area contributed by atoms with Crippen LogP contribution in [0.3, 0.4) is 0 Å². The Hall–Kier alpha value is -2.39. The van der Waals surface area contributed by atoms with E-state index in [9.17, 15) is 0 Å². The molecule has 3 aromatic rings. The average molecular weight is 346 g/mol. The number of hydrogen-bond acceptors (Lipinski definition) is 3. The largest absolute Gasteiger partial charge is 0.496 e. The Morgan fingerprint density at radius 2 is 1.88 bits per heavy atom. The monoisotopic (exact) mass is 346 g/mol. The number of aromatic nitrogens is 1. The number of methoxy groups -OCH3 is 1. The number of pyridine rings is 1. The van der Waals surface area contributed by atoms with Gasteiger partial charge in [0.05, 0.1) is 18.3 Å². The van der Waals surface area contributed by atoms with Gasteiger partial charge < -0.3 is 10.1 Å². The Labute approximate surface area is 155 Å². The molecule has 2 aromatic carbocycles. The zero-order valence-corrected chi connectivity index (χ0v) is 15.6. The van der Waals surface area contributed by atoms with E-state index in [0.29, 0.717) is 6.04 Å². The third-order valence-electron chi connectivity index (χ3n) is 5.35. The number of para-hydroxylation sites is 1. The van der Waals surface area contributed by atoms with Gasteiger partial charge in [-0.25, -0.2) is 4.98 Å². The van der Waals surface area contributed by atoms with Gasteiger partial charge in [0.25, 0.3) is 0 Å². The van der Waals surface area contributed by atoms with Crippen LogP contribution in [0.25, 0.3) is 22.2 Å². The van der Waals surface area contributed by atoms with Crippen molar-refractivity contribution in [2.75, 3.05) is 7.11 Å². The molecule has 0 amide bonds. The van der Waals surface area contributed by atoms with Crippen LogP contribution in [0.2, 0.25) is 0 Å². The normalized spacial score (nSPS) is 14.8. The van der Waals surface area contributed by atoms with E-state index in [0.717, 1.165) is 29.1 Å². The number of ether oxygens (including phenoxy) is 1. The number of benzene rings is 2. The van der Waals surface area contributed by atoms with Crippen LogP contribution < -0.4 is 10.1 Å². The van der Waals surface area contributed by atoms with Gasteiger partial charge >= 0.3 is 0 Å². The predicted molar refractivity (Wildman–Crippen MR) is 108 cm³/mol. The van der Waals surface area contributed by atoms with Crippen LogP contribution in [-0.4, -0.2) is 18.1 Å². The summed E-state index contributed by atoms with van der Waals surface area (Å²) in [4.78, 5) is 5.02. The molecule has 0 saturated heterocycles. The lowest BCUT2D eigenvalue weighted by Gasteiger charge is -2.17. The summed E-state index contributed by atoms with van der Waals surface area (Å²) >= 11 is 0. The summed E-state index contributed by atoms with van der Waals surface area (Å²) in [6, 6.07) is 17.5. The molecule has 134 valence electrons. The summed E-state index contributed by atoms with van der Waals surface area (Å²) in [5.74, 6) is 0.869. The Morgan fingerprint density at radius 1 is 1.08 bits per heavy atom. The molecular weight excluding hydrogens is 320 g/mol. The first-order valence-electron chi connectivity index (χ1n) is 9.51. The summed E-state index contributed by atoms with van der Waals surface area (Å²) in [5, 5.41) is 4.94. The summed E-state index contributed by atoms with van der Waals surface area (Å²) < 4.78 is 5.60. The molecule has 0 bridgehead atoms. The number of nitrogens with one attached hydrogen (secondary N) is 1. The molecule has 1 saturated carbocycles. The molecular formula is C23H26N2O. The smallest absolute Gasteiger partial charge is 0.128 e. The van der Waals surface area contributed by atoms with Crippen molar-refractivity contribution in [2.45, 2.75) is 45.2 Å². The minimum Gasteiger partial charge on any atom is -0.496 e. The van der Waals surface area contributed by atoms with Gasteiger partial charge in [-0.15, -0.1) is 0 Å². The summed E-state index contributed by atoms with van der Waals surface area (Å²) in [5.41, 5.74) is 5.60. The lowest BCUT2D eigenvalue weighted by atomic mass is 10.0. The Balaban J connectivity index is 1.79. The number of rotatable bonds is 5. The highest BCUT2D eigenvalue weighted by Gasteiger charge is 2.17. The summed E-state index contributed by atoms with van der Waals surface area (Å²) in [6.07, 6.45) is 5.24. The molecule has 1 aromatic heterocycles. The highest BCUT2D eigenvalue weighted by atomic mass is 16.5. The van der Waals surface area contributed by atoms with Gasteiger partial charge in [-0.2, -0.15) is 0 Å². The van der Waals surface area contributed by atoms with Crippen molar-refractivity contribution in [2.24, 2.45) is 0 Å². The SMILES string of the molecule is COc1ccccc1-c1nc2ccc(C)cc2cc1CNC1CCCC1.